The summed E-state index contributed by atoms with van der Waals surface area (Å²) in [4.78, 5) is 12.2. The van der Waals surface area contributed by atoms with Crippen molar-refractivity contribution >= 4 is 11.6 Å². The number of carbonyl (C=O) groups excluding carboxylic acids is 1. The SMILES string of the molecule is COc1ccc(Oc2ccc(C(=O)Nc3ccccc3)cc2)cc1. The van der Waals surface area contributed by atoms with Crippen LogP contribution in [0.1, 0.15) is 10.4 Å². The minimum absolute atomic E-state index is 0.155. The van der Waals surface area contributed by atoms with Gasteiger partial charge >= 0.3 is 0 Å². The molecule has 1 N–H and O–H groups in total. The second kappa shape index (κ2) is 7.33. The third-order valence-electron chi connectivity index (χ3n) is 3.44. The molecule has 24 heavy (non-hydrogen) atoms. The minimum atomic E-state index is -0.155. The lowest BCUT2D eigenvalue weighted by atomic mass is 10.2. The highest BCUT2D eigenvalue weighted by Crippen LogP contribution is 2.24. The second-order valence-corrected chi connectivity index (χ2v) is 5.12. The van der Waals surface area contributed by atoms with E-state index in [0.717, 1.165) is 11.4 Å². The van der Waals surface area contributed by atoms with E-state index in [1.807, 2.05) is 54.6 Å². The van der Waals surface area contributed by atoms with Gasteiger partial charge in [0.05, 0.1) is 7.11 Å². The number of nitrogens with one attached hydrogen (secondary N) is 1. The summed E-state index contributed by atoms with van der Waals surface area (Å²) in [5.74, 6) is 1.99. The Balaban J connectivity index is 1.65. The number of methoxy groups -OCH3 is 1. The van der Waals surface area contributed by atoms with E-state index >= 15 is 0 Å². The summed E-state index contributed by atoms with van der Waals surface area (Å²) in [6.45, 7) is 0. The Kier molecular flexibility index (Phi) is 4.77. The average Bonchev–Trinajstić information content (AvgIpc) is 2.64. The van der Waals surface area contributed by atoms with Crippen LogP contribution in [-0.2, 0) is 0 Å². The lowest BCUT2D eigenvalue weighted by molar-refractivity contribution is 0.102. The highest BCUT2D eigenvalue weighted by atomic mass is 16.5. The van der Waals surface area contributed by atoms with Crippen LogP contribution in [0.3, 0.4) is 0 Å². The average molecular weight is 319 g/mol. The molecule has 0 unspecified atom stereocenters. The molecule has 1 amide bonds. The standard InChI is InChI=1S/C20H17NO3/c1-23-17-11-13-19(14-12-17)24-18-9-7-15(8-10-18)20(22)21-16-5-3-2-4-6-16/h2-14H,1H3,(H,21,22). The van der Waals surface area contributed by atoms with Gasteiger partial charge in [0.25, 0.3) is 5.91 Å². The van der Waals surface area contributed by atoms with E-state index in [1.54, 1.807) is 31.4 Å². The molecule has 0 aliphatic carbocycles. The van der Waals surface area contributed by atoms with Crippen LogP contribution in [0.15, 0.2) is 78.9 Å². The summed E-state index contributed by atoms with van der Waals surface area (Å²) in [7, 11) is 1.62. The van der Waals surface area contributed by atoms with Gasteiger partial charge in [-0.15, -0.1) is 0 Å². The summed E-state index contributed by atoms with van der Waals surface area (Å²) in [6.07, 6.45) is 0. The van der Waals surface area contributed by atoms with E-state index in [1.165, 1.54) is 0 Å². The molecule has 0 aliphatic rings. The molecule has 0 fully saturated rings. The first-order valence-corrected chi connectivity index (χ1v) is 7.53. The molecule has 120 valence electrons. The number of carbonyl (C=O) groups is 1. The third kappa shape index (κ3) is 3.93. The van der Waals surface area contributed by atoms with Crippen LogP contribution in [0.4, 0.5) is 5.69 Å². The van der Waals surface area contributed by atoms with Crippen LogP contribution in [0.5, 0.6) is 17.2 Å². The topological polar surface area (TPSA) is 47.6 Å². The van der Waals surface area contributed by atoms with Gasteiger partial charge in [0.2, 0.25) is 0 Å². The number of para-hydroxylation sites is 1. The van der Waals surface area contributed by atoms with Crippen LogP contribution < -0.4 is 14.8 Å². The van der Waals surface area contributed by atoms with Gasteiger partial charge in [-0.2, -0.15) is 0 Å². The highest BCUT2D eigenvalue weighted by molar-refractivity contribution is 6.04. The molecule has 4 heteroatoms. The summed E-state index contributed by atoms with van der Waals surface area (Å²) in [5.41, 5.74) is 1.34. The van der Waals surface area contributed by atoms with Crippen LogP contribution in [0.25, 0.3) is 0 Å². The zero-order chi connectivity index (χ0) is 16.8. The van der Waals surface area contributed by atoms with Gasteiger partial charge in [-0.05, 0) is 60.7 Å². The Labute approximate surface area is 140 Å². The van der Waals surface area contributed by atoms with Crippen LogP contribution >= 0.6 is 0 Å². The molecule has 0 heterocycles. The first-order chi connectivity index (χ1) is 11.7. The van der Waals surface area contributed by atoms with Gasteiger partial charge in [-0.3, -0.25) is 4.79 Å². The molecule has 3 aromatic rings. The van der Waals surface area contributed by atoms with Crippen LogP contribution in [0.2, 0.25) is 0 Å². The predicted molar refractivity (Wildman–Crippen MR) is 93.9 cm³/mol. The smallest absolute Gasteiger partial charge is 0.255 e. The van der Waals surface area contributed by atoms with E-state index in [-0.39, 0.29) is 5.91 Å². The molecule has 3 aromatic carbocycles. The lowest BCUT2D eigenvalue weighted by Gasteiger charge is -2.08. The molecular weight excluding hydrogens is 302 g/mol. The van der Waals surface area contributed by atoms with Crippen molar-refractivity contribution in [2.75, 3.05) is 12.4 Å². The summed E-state index contributed by atoms with van der Waals surface area (Å²) < 4.78 is 10.9. The Morgan fingerprint density at radius 3 is 1.88 bits per heavy atom. The van der Waals surface area contributed by atoms with Crippen molar-refractivity contribution in [2.45, 2.75) is 0 Å². The monoisotopic (exact) mass is 319 g/mol. The minimum Gasteiger partial charge on any atom is -0.497 e. The van der Waals surface area contributed by atoms with Crippen LogP contribution in [-0.4, -0.2) is 13.0 Å². The predicted octanol–water partition coefficient (Wildman–Crippen LogP) is 4.74. The number of hydrogen-bond donors (Lipinski definition) is 1. The number of benzene rings is 3. The van der Waals surface area contributed by atoms with Gasteiger partial charge < -0.3 is 14.8 Å². The Morgan fingerprint density at radius 1 is 0.750 bits per heavy atom. The van der Waals surface area contributed by atoms with Gasteiger partial charge in [0.1, 0.15) is 17.2 Å². The van der Waals surface area contributed by atoms with Crippen molar-refractivity contribution < 1.29 is 14.3 Å². The quantitative estimate of drug-likeness (QED) is 0.739. The van der Waals surface area contributed by atoms with E-state index < -0.39 is 0 Å². The van der Waals surface area contributed by atoms with Crippen LogP contribution in [0, 0.1) is 0 Å². The van der Waals surface area contributed by atoms with E-state index in [0.29, 0.717) is 17.1 Å². The Bertz CT molecular complexity index is 797. The molecule has 0 aliphatic heterocycles. The largest absolute Gasteiger partial charge is 0.497 e. The molecule has 0 saturated heterocycles. The number of ether oxygens (including phenoxy) is 2. The first-order valence-electron chi connectivity index (χ1n) is 7.53. The van der Waals surface area contributed by atoms with Gasteiger partial charge in [0, 0.05) is 11.3 Å². The maximum absolute atomic E-state index is 12.2. The molecule has 0 atom stereocenters. The number of hydrogen-bond acceptors (Lipinski definition) is 3. The number of rotatable bonds is 5. The third-order valence-corrected chi connectivity index (χ3v) is 3.44. The second-order valence-electron chi connectivity index (χ2n) is 5.12. The molecular formula is C20H17NO3. The maximum Gasteiger partial charge on any atom is 0.255 e. The fourth-order valence-electron chi connectivity index (χ4n) is 2.18. The molecule has 3 rings (SSSR count). The fourth-order valence-corrected chi connectivity index (χ4v) is 2.18. The van der Waals surface area contributed by atoms with Crippen molar-refractivity contribution in [3.05, 3.63) is 84.4 Å². The molecule has 0 aromatic heterocycles. The summed E-state index contributed by atoms with van der Waals surface area (Å²) >= 11 is 0. The van der Waals surface area contributed by atoms with Crippen molar-refractivity contribution in [1.29, 1.82) is 0 Å². The fraction of sp³-hybridized carbons (Fsp3) is 0.0500. The maximum atomic E-state index is 12.2. The molecule has 0 radical (unpaired) electrons. The van der Waals surface area contributed by atoms with E-state index in [9.17, 15) is 4.79 Å². The van der Waals surface area contributed by atoms with Gasteiger partial charge in [-0.1, -0.05) is 18.2 Å². The van der Waals surface area contributed by atoms with E-state index in [4.69, 9.17) is 9.47 Å². The number of anilines is 1. The van der Waals surface area contributed by atoms with Gasteiger partial charge in [-0.25, -0.2) is 0 Å². The number of amides is 1. The molecule has 0 saturated carbocycles. The molecule has 0 spiro atoms. The van der Waals surface area contributed by atoms with E-state index in [2.05, 4.69) is 5.32 Å². The normalized spacial score (nSPS) is 10.0. The van der Waals surface area contributed by atoms with Crippen molar-refractivity contribution in [2.24, 2.45) is 0 Å². The van der Waals surface area contributed by atoms with Crippen molar-refractivity contribution in [3.63, 3.8) is 0 Å². The zero-order valence-electron chi connectivity index (χ0n) is 13.2. The summed E-state index contributed by atoms with van der Waals surface area (Å²) in [5, 5.41) is 2.85. The zero-order valence-corrected chi connectivity index (χ0v) is 13.2. The lowest BCUT2D eigenvalue weighted by Crippen LogP contribution is -2.11. The van der Waals surface area contributed by atoms with Crippen molar-refractivity contribution in [1.82, 2.24) is 0 Å². The Hall–Kier alpha value is -3.27. The molecule has 4 nitrogen and oxygen atoms in total. The van der Waals surface area contributed by atoms with Gasteiger partial charge in [0.15, 0.2) is 0 Å². The molecule has 0 bridgehead atoms. The summed E-state index contributed by atoms with van der Waals surface area (Å²) in [6, 6.07) is 23.7. The highest BCUT2D eigenvalue weighted by Gasteiger charge is 2.06. The Morgan fingerprint density at radius 2 is 1.29 bits per heavy atom. The first kappa shape index (κ1) is 15.6. The van der Waals surface area contributed by atoms with Crippen molar-refractivity contribution in [3.8, 4) is 17.2 Å².